The van der Waals surface area contributed by atoms with Gasteiger partial charge in [0.05, 0.1) is 27.0 Å². The molecule has 0 aliphatic heterocycles. The van der Waals surface area contributed by atoms with Crippen LogP contribution in [0.3, 0.4) is 0 Å². The van der Waals surface area contributed by atoms with Crippen molar-refractivity contribution in [2.75, 3.05) is 21.3 Å². The highest BCUT2D eigenvalue weighted by molar-refractivity contribution is 5.87. The van der Waals surface area contributed by atoms with Gasteiger partial charge in [-0.05, 0) is 24.0 Å². The van der Waals surface area contributed by atoms with Gasteiger partial charge in [-0.15, -0.1) is 0 Å². The summed E-state index contributed by atoms with van der Waals surface area (Å²) in [6.07, 6.45) is 2.99. The van der Waals surface area contributed by atoms with Crippen LogP contribution in [0.15, 0.2) is 23.1 Å². The monoisotopic (exact) mass is 371 g/mol. The van der Waals surface area contributed by atoms with Crippen LogP contribution in [0.25, 0.3) is 10.9 Å². The molecule has 0 amide bonds. The molecule has 0 aliphatic carbocycles. The van der Waals surface area contributed by atoms with E-state index >= 15 is 0 Å². The molecule has 7 nitrogen and oxygen atoms in total. The summed E-state index contributed by atoms with van der Waals surface area (Å²) in [5.41, 5.74) is 2.90. The summed E-state index contributed by atoms with van der Waals surface area (Å²) >= 11 is 0. The minimum atomic E-state index is -0.168. The zero-order valence-corrected chi connectivity index (χ0v) is 16.3. The Labute approximate surface area is 157 Å². The van der Waals surface area contributed by atoms with Crippen LogP contribution in [0.2, 0.25) is 0 Å². The number of methoxy groups -OCH3 is 3. The molecule has 2 heterocycles. The van der Waals surface area contributed by atoms with Crippen LogP contribution in [0.5, 0.6) is 17.4 Å². The Bertz CT molecular complexity index is 1000. The van der Waals surface area contributed by atoms with Crippen molar-refractivity contribution in [1.82, 2.24) is 15.0 Å². The molecule has 0 aliphatic rings. The molecule has 2 aromatic heterocycles. The summed E-state index contributed by atoms with van der Waals surface area (Å²) in [4.78, 5) is 23.0. The zero-order chi connectivity index (χ0) is 19.6. The first-order valence-corrected chi connectivity index (χ1v) is 8.84. The number of H-pyrrole nitrogens is 2. The lowest BCUT2D eigenvalue weighted by atomic mass is 10.1. The largest absolute Gasteiger partial charge is 0.493 e. The standard InChI is InChI=1S/C20H25N3O4/c1-11(2)6-15-19(24)22-16(20(23-15)27-5)7-12-10-21-14-9-18(26-4)17(25-3)8-13(12)14/h8-11,21H,6-7H2,1-5H3,(H,22,24). The minimum absolute atomic E-state index is 0.168. The minimum Gasteiger partial charge on any atom is -0.493 e. The quantitative estimate of drug-likeness (QED) is 0.666. The van der Waals surface area contributed by atoms with E-state index < -0.39 is 0 Å². The number of rotatable bonds is 7. The van der Waals surface area contributed by atoms with Gasteiger partial charge in [-0.2, -0.15) is 0 Å². The van der Waals surface area contributed by atoms with Gasteiger partial charge in [0.15, 0.2) is 11.5 Å². The molecule has 3 rings (SSSR count). The molecule has 0 saturated heterocycles. The van der Waals surface area contributed by atoms with Crippen molar-refractivity contribution >= 4 is 10.9 Å². The fourth-order valence-electron chi connectivity index (χ4n) is 3.16. The van der Waals surface area contributed by atoms with Gasteiger partial charge < -0.3 is 24.2 Å². The van der Waals surface area contributed by atoms with Crippen molar-refractivity contribution in [2.24, 2.45) is 5.92 Å². The average Bonchev–Trinajstić information content (AvgIpc) is 3.04. The molecular formula is C20H25N3O4. The number of ether oxygens (including phenoxy) is 3. The molecule has 1 aromatic carbocycles. The topological polar surface area (TPSA) is 89.2 Å². The van der Waals surface area contributed by atoms with Crippen molar-refractivity contribution in [1.29, 1.82) is 0 Å². The number of nitrogens with one attached hydrogen (secondary N) is 2. The number of hydrogen-bond acceptors (Lipinski definition) is 5. The first-order valence-electron chi connectivity index (χ1n) is 8.84. The van der Waals surface area contributed by atoms with Gasteiger partial charge in [-0.25, -0.2) is 4.98 Å². The average molecular weight is 371 g/mol. The normalized spacial score (nSPS) is 11.2. The maximum atomic E-state index is 12.4. The number of hydrogen-bond donors (Lipinski definition) is 2. The lowest BCUT2D eigenvalue weighted by Crippen LogP contribution is -2.20. The van der Waals surface area contributed by atoms with Crippen LogP contribution < -0.4 is 19.8 Å². The van der Waals surface area contributed by atoms with E-state index in [9.17, 15) is 4.79 Å². The number of fused-ring (bicyclic) bond motifs is 1. The third-order valence-corrected chi connectivity index (χ3v) is 4.45. The molecule has 27 heavy (non-hydrogen) atoms. The van der Waals surface area contributed by atoms with Crippen LogP contribution in [0.4, 0.5) is 0 Å². The Morgan fingerprint density at radius 3 is 2.41 bits per heavy atom. The first-order chi connectivity index (χ1) is 13.0. The summed E-state index contributed by atoms with van der Waals surface area (Å²) in [6, 6.07) is 3.81. The van der Waals surface area contributed by atoms with E-state index in [1.54, 1.807) is 21.3 Å². The van der Waals surface area contributed by atoms with E-state index in [1.165, 1.54) is 0 Å². The SMILES string of the molecule is COc1cc2[nH]cc(Cc3[nH]c(=O)c(CC(C)C)nc3OC)c2cc1OC. The fraction of sp³-hybridized carbons (Fsp3) is 0.400. The molecule has 0 atom stereocenters. The molecule has 0 radical (unpaired) electrons. The van der Waals surface area contributed by atoms with Gasteiger partial charge in [0.2, 0.25) is 5.88 Å². The van der Waals surface area contributed by atoms with E-state index in [4.69, 9.17) is 14.2 Å². The van der Waals surface area contributed by atoms with E-state index in [0.717, 1.165) is 16.5 Å². The molecule has 0 fully saturated rings. The van der Waals surface area contributed by atoms with Crippen molar-refractivity contribution in [3.05, 3.63) is 45.6 Å². The van der Waals surface area contributed by atoms with E-state index in [0.29, 0.717) is 47.5 Å². The van der Waals surface area contributed by atoms with Crippen LogP contribution in [-0.2, 0) is 12.8 Å². The summed E-state index contributed by atoms with van der Waals surface area (Å²) in [6.45, 7) is 4.10. The third-order valence-electron chi connectivity index (χ3n) is 4.45. The Balaban J connectivity index is 2.02. The maximum Gasteiger partial charge on any atom is 0.270 e. The van der Waals surface area contributed by atoms with Gasteiger partial charge in [0.25, 0.3) is 5.56 Å². The van der Waals surface area contributed by atoms with Crippen LogP contribution in [0, 0.1) is 5.92 Å². The Morgan fingerprint density at radius 2 is 1.78 bits per heavy atom. The number of benzene rings is 1. The molecule has 2 N–H and O–H groups in total. The van der Waals surface area contributed by atoms with Crippen LogP contribution in [0.1, 0.15) is 30.8 Å². The van der Waals surface area contributed by atoms with Gasteiger partial charge in [-0.1, -0.05) is 13.8 Å². The maximum absolute atomic E-state index is 12.4. The highest BCUT2D eigenvalue weighted by Gasteiger charge is 2.16. The molecule has 0 spiro atoms. The Kier molecular flexibility index (Phi) is 5.39. The number of aromatic amines is 2. The predicted molar refractivity (Wildman–Crippen MR) is 104 cm³/mol. The number of nitrogens with zero attached hydrogens (tertiary/aromatic N) is 1. The second-order valence-corrected chi connectivity index (χ2v) is 6.84. The Morgan fingerprint density at radius 1 is 1.07 bits per heavy atom. The molecule has 0 unspecified atom stereocenters. The summed E-state index contributed by atoms with van der Waals surface area (Å²) in [5, 5.41) is 0.988. The molecule has 0 bridgehead atoms. The van der Waals surface area contributed by atoms with Crippen LogP contribution in [-0.4, -0.2) is 36.3 Å². The highest BCUT2D eigenvalue weighted by atomic mass is 16.5. The van der Waals surface area contributed by atoms with Crippen molar-refractivity contribution in [3.8, 4) is 17.4 Å². The second kappa shape index (κ2) is 7.73. The van der Waals surface area contributed by atoms with Crippen LogP contribution >= 0.6 is 0 Å². The van der Waals surface area contributed by atoms with Crippen molar-refractivity contribution in [3.63, 3.8) is 0 Å². The summed E-state index contributed by atoms with van der Waals surface area (Å²) < 4.78 is 16.2. The lowest BCUT2D eigenvalue weighted by Gasteiger charge is -2.11. The Hall–Kier alpha value is -2.96. The second-order valence-electron chi connectivity index (χ2n) is 6.84. The van der Waals surface area contributed by atoms with Crippen molar-refractivity contribution in [2.45, 2.75) is 26.7 Å². The van der Waals surface area contributed by atoms with Gasteiger partial charge in [-0.3, -0.25) is 4.79 Å². The van der Waals surface area contributed by atoms with Gasteiger partial charge in [0, 0.05) is 29.6 Å². The fourth-order valence-corrected chi connectivity index (χ4v) is 3.16. The van der Waals surface area contributed by atoms with Gasteiger partial charge in [0.1, 0.15) is 5.69 Å². The predicted octanol–water partition coefficient (Wildman–Crippen LogP) is 3.07. The molecule has 0 saturated carbocycles. The molecule has 7 heteroatoms. The summed E-state index contributed by atoms with van der Waals surface area (Å²) in [7, 11) is 4.77. The lowest BCUT2D eigenvalue weighted by molar-refractivity contribution is 0.356. The molecule has 3 aromatic rings. The molecular weight excluding hydrogens is 346 g/mol. The smallest absolute Gasteiger partial charge is 0.270 e. The number of aromatic nitrogens is 3. The summed E-state index contributed by atoms with van der Waals surface area (Å²) in [5.74, 6) is 2.09. The van der Waals surface area contributed by atoms with E-state index in [-0.39, 0.29) is 5.56 Å². The highest BCUT2D eigenvalue weighted by Crippen LogP contribution is 2.34. The van der Waals surface area contributed by atoms with E-state index in [2.05, 4.69) is 28.8 Å². The van der Waals surface area contributed by atoms with Crippen molar-refractivity contribution < 1.29 is 14.2 Å². The van der Waals surface area contributed by atoms with E-state index in [1.807, 2.05) is 18.3 Å². The zero-order valence-electron chi connectivity index (χ0n) is 16.3. The third kappa shape index (κ3) is 3.77. The first kappa shape index (κ1) is 18.8. The molecule has 144 valence electrons. The van der Waals surface area contributed by atoms with Gasteiger partial charge >= 0.3 is 0 Å².